The van der Waals surface area contributed by atoms with E-state index in [9.17, 15) is 4.79 Å². The van der Waals surface area contributed by atoms with Crippen LogP contribution in [0.3, 0.4) is 0 Å². The van der Waals surface area contributed by atoms with E-state index < -0.39 is 0 Å². The number of carbonyl (C=O) groups is 1. The number of hydrogen-bond donors (Lipinski definition) is 1. The summed E-state index contributed by atoms with van der Waals surface area (Å²) in [5, 5.41) is 10.9. The Hall–Kier alpha value is -3.75. The quantitative estimate of drug-likeness (QED) is 0.592. The molecule has 5 rings (SSSR count). The molecule has 134 valence electrons. The smallest absolute Gasteiger partial charge is 0.274 e. The van der Waals surface area contributed by atoms with Crippen molar-refractivity contribution in [1.29, 1.82) is 0 Å². The maximum atomic E-state index is 12.6. The second-order valence-corrected chi connectivity index (χ2v) is 6.24. The van der Waals surface area contributed by atoms with Gasteiger partial charge in [-0.2, -0.15) is 10.1 Å². The van der Waals surface area contributed by atoms with Crippen LogP contribution in [0.5, 0.6) is 0 Å². The lowest BCUT2D eigenvalue weighted by atomic mass is 9.99. The highest BCUT2D eigenvalue weighted by Gasteiger charge is 2.37. The van der Waals surface area contributed by atoms with Crippen molar-refractivity contribution in [1.82, 2.24) is 30.2 Å². The average molecular weight is 362 g/mol. The molecule has 1 amide bonds. The molecule has 0 aromatic carbocycles. The van der Waals surface area contributed by atoms with Crippen LogP contribution in [0.25, 0.3) is 22.8 Å². The minimum atomic E-state index is -0.144. The Bertz CT molecular complexity index is 1060. The summed E-state index contributed by atoms with van der Waals surface area (Å²) in [4.78, 5) is 22.7. The number of nitrogens with one attached hydrogen (secondary N) is 1. The first-order chi connectivity index (χ1) is 13.3. The molecule has 0 unspecified atom stereocenters. The highest BCUT2D eigenvalue weighted by Crippen LogP contribution is 2.29. The van der Waals surface area contributed by atoms with Crippen LogP contribution in [0.15, 0.2) is 57.9 Å². The predicted octanol–water partition coefficient (Wildman–Crippen LogP) is 2.35. The standard InChI is InChI=1S/C18H14N6O3/c25-18(14-8-13(21-22-14)15-2-1-7-26-15)24-9-12(10-24)17-20-16(23-27-17)11-3-5-19-6-4-11/h1-8,12H,9-10H2,(H,21,22). The van der Waals surface area contributed by atoms with Crippen LogP contribution in [0.1, 0.15) is 22.3 Å². The molecule has 0 bridgehead atoms. The van der Waals surface area contributed by atoms with Gasteiger partial charge in [-0.15, -0.1) is 0 Å². The number of aromatic nitrogens is 5. The second-order valence-electron chi connectivity index (χ2n) is 6.24. The molecule has 1 saturated heterocycles. The molecule has 5 heterocycles. The number of amides is 1. The summed E-state index contributed by atoms with van der Waals surface area (Å²) in [6.07, 6.45) is 4.92. The van der Waals surface area contributed by atoms with Gasteiger partial charge in [-0.1, -0.05) is 5.16 Å². The third kappa shape index (κ3) is 2.78. The minimum Gasteiger partial charge on any atom is -0.463 e. The van der Waals surface area contributed by atoms with Crippen molar-refractivity contribution in [2.75, 3.05) is 13.1 Å². The van der Waals surface area contributed by atoms with Crippen molar-refractivity contribution in [2.24, 2.45) is 0 Å². The van der Waals surface area contributed by atoms with E-state index in [1.165, 1.54) is 0 Å². The number of likely N-dealkylation sites (tertiary alicyclic amines) is 1. The van der Waals surface area contributed by atoms with Gasteiger partial charge in [-0.05, 0) is 24.3 Å². The molecule has 0 spiro atoms. The van der Waals surface area contributed by atoms with Crippen LogP contribution in [0, 0.1) is 0 Å². The van der Waals surface area contributed by atoms with Crippen LogP contribution >= 0.6 is 0 Å². The summed E-state index contributed by atoms with van der Waals surface area (Å²) in [5.41, 5.74) is 1.86. The molecule has 0 atom stereocenters. The number of aromatic amines is 1. The lowest BCUT2D eigenvalue weighted by Crippen LogP contribution is -2.48. The van der Waals surface area contributed by atoms with Crippen molar-refractivity contribution in [2.45, 2.75) is 5.92 Å². The van der Waals surface area contributed by atoms with E-state index in [0.29, 0.717) is 42.0 Å². The molecule has 1 fully saturated rings. The summed E-state index contributed by atoms with van der Waals surface area (Å²) < 4.78 is 10.7. The molecular weight excluding hydrogens is 348 g/mol. The van der Waals surface area contributed by atoms with Gasteiger partial charge >= 0.3 is 0 Å². The van der Waals surface area contributed by atoms with E-state index in [0.717, 1.165) is 5.56 Å². The van der Waals surface area contributed by atoms with Gasteiger partial charge in [0, 0.05) is 37.1 Å². The molecule has 0 saturated carbocycles. The molecule has 4 aromatic rings. The summed E-state index contributed by atoms with van der Waals surface area (Å²) in [5.74, 6) is 1.57. The largest absolute Gasteiger partial charge is 0.463 e. The molecule has 0 aliphatic carbocycles. The summed E-state index contributed by atoms with van der Waals surface area (Å²) in [6.45, 7) is 1.03. The van der Waals surface area contributed by atoms with Crippen LogP contribution in [-0.4, -0.2) is 49.2 Å². The van der Waals surface area contributed by atoms with Crippen LogP contribution < -0.4 is 0 Å². The van der Waals surface area contributed by atoms with E-state index in [4.69, 9.17) is 8.94 Å². The monoisotopic (exact) mass is 362 g/mol. The zero-order chi connectivity index (χ0) is 18.2. The van der Waals surface area contributed by atoms with Crippen molar-refractivity contribution in [3.63, 3.8) is 0 Å². The van der Waals surface area contributed by atoms with E-state index >= 15 is 0 Å². The third-order valence-electron chi connectivity index (χ3n) is 4.48. The number of carbonyl (C=O) groups excluding carboxylic acids is 1. The molecule has 1 N–H and O–H groups in total. The Morgan fingerprint density at radius 1 is 1.22 bits per heavy atom. The molecular formula is C18H14N6O3. The lowest BCUT2D eigenvalue weighted by molar-refractivity contribution is 0.0563. The van der Waals surface area contributed by atoms with Gasteiger partial charge in [-0.3, -0.25) is 14.9 Å². The summed E-state index contributed by atoms with van der Waals surface area (Å²) >= 11 is 0. The first-order valence-electron chi connectivity index (χ1n) is 8.40. The molecule has 1 aliphatic rings. The maximum absolute atomic E-state index is 12.6. The Kier molecular flexibility index (Phi) is 3.56. The number of nitrogens with zero attached hydrogens (tertiary/aromatic N) is 5. The van der Waals surface area contributed by atoms with Crippen molar-refractivity contribution in [3.05, 3.63) is 60.6 Å². The van der Waals surface area contributed by atoms with Crippen LogP contribution in [0.4, 0.5) is 0 Å². The van der Waals surface area contributed by atoms with E-state index in [2.05, 4.69) is 25.3 Å². The van der Waals surface area contributed by atoms with Crippen molar-refractivity contribution in [3.8, 4) is 22.8 Å². The Morgan fingerprint density at radius 2 is 2.07 bits per heavy atom. The topological polar surface area (TPSA) is 114 Å². The van der Waals surface area contributed by atoms with Crippen molar-refractivity contribution >= 4 is 5.91 Å². The minimum absolute atomic E-state index is 0.0283. The molecule has 27 heavy (non-hydrogen) atoms. The van der Waals surface area contributed by atoms with Gasteiger partial charge in [0.2, 0.25) is 11.7 Å². The first kappa shape index (κ1) is 15.5. The normalized spacial score (nSPS) is 14.3. The van der Waals surface area contributed by atoms with Gasteiger partial charge < -0.3 is 13.8 Å². The number of H-pyrrole nitrogens is 1. The number of furan rings is 1. The van der Waals surface area contributed by atoms with E-state index in [1.54, 1.807) is 41.8 Å². The Labute approximate surface area is 153 Å². The SMILES string of the molecule is O=C(c1cc(-c2ccco2)[nH]n1)N1CC(c2nc(-c3ccncc3)no2)C1. The predicted molar refractivity (Wildman–Crippen MR) is 92.5 cm³/mol. The van der Waals surface area contributed by atoms with Gasteiger partial charge in [0.1, 0.15) is 5.69 Å². The summed E-state index contributed by atoms with van der Waals surface area (Å²) in [6, 6.07) is 8.90. The highest BCUT2D eigenvalue weighted by atomic mass is 16.5. The van der Waals surface area contributed by atoms with Crippen LogP contribution in [-0.2, 0) is 0 Å². The van der Waals surface area contributed by atoms with Crippen LogP contribution in [0.2, 0.25) is 0 Å². The molecule has 9 heteroatoms. The van der Waals surface area contributed by atoms with Gasteiger partial charge in [0.15, 0.2) is 11.5 Å². The van der Waals surface area contributed by atoms with Gasteiger partial charge in [-0.25, -0.2) is 0 Å². The van der Waals surface area contributed by atoms with E-state index in [1.807, 2.05) is 12.1 Å². The number of rotatable bonds is 4. The lowest BCUT2D eigenvalue weighted by Gasteiger charge is -2.36. The molecule has 4 aromatic heterocycles. The first-order valence-corrected chi connectivity index (χ1v) is 8.40. The highest BCUT2D eigenvalue weighted by molar-refractivity contribution is 5.93. The number of pyridine rings is 1. The molecule has 0 radical (unpaired) electrons. The van der Waals surface area contributed by atoms with Gasteiger partial charge in [0.25, 0.3) is 5.91 Å². The van der Waals surface area contributed by atoms with E-state index in [-0.39, 0.29) is 11.8 Å². The second kappa shape index (κ2) is 6.20. The average Bonchev–Trinajstić information content (AvgIpc) is 3.41. The summed E-state index contributed by atoms with van der Waals surface area (Å²) in [7, 11) is 0. The van der Waals surface area contributed by atoms with Crippen molar-refractivity contribution < 1.29 is 13.7 Å². The maximum Gasteiger partial charge on any atom is 0.274 e. The molecule has 9 nitrogen and oxygen atoms in total. The Morgan fingerprint density at radius 3 is 2.85 bits per heavy atom. The fraction of sp³-hybridized carbons (Fsp3) is 0.167. The van der Waals surface area contributed by atoms with Gasteiger partial charge in [0.05, 0.1) is 12.2 Å². The fourth-order valence-corrected chi connectivity index (χ4v) is 2.97. The zero-order valence-corrected chi connectivity index (χ0v) is 14.1. The fourth-order valence-electron chi connectivity index (χ4n) is 2.97. The third-order valence-corrected chi connectivity index (χ3v) is 4.48. The molecule has 1 aliphatic heterocycles. The number of hydrogen-bond acceptors (Lipinski definition) is 7. The Balaban J connectivity index is 1.24. The zero-order valence-electron chi connectivity index (χ0n) is 14.1.